The highest BCUT2D eigenvalue weighted by Gasteiger charge is 2.38. The first kappa shape index (κ1) is 20.8. The first-order valence-electron chi connectivity index (χ1n) is 11.0. The molecule has 1 aliphatic heterocycles. The van der Waals surface area contributed by atoms with E-state index in [2.05, 4.69) is 36.2 Å². The van der Waals surface area contributed by atoms with Crippen molar-refractivity contribution in [1.29, 1.82) is 0 Å². The van der Waals surface area contributed by atoms with Gasteiger partial charge in [0.05, 0.1) is 17.1 Å². The Balaban J connectivity index is 1.56. The molecule has 162 valence electrons. The number of aryl methyl sites for hydroxylation is 2. The molecule has 0 radical (unpaired) electrons. The molecule has 1 aliphatic rings. The van der Waals surface area contributed by atoms with Crippen LogP contribution in [0.4, 0.5) is 0 Å². The van der Waals surface area contributed by atoms with Crippen LogP contribution >= 0.6 is 11.6 Å². The van der Waals surface area contributed by atoms with Gasteiger partial charge in [-0.2, -0.15) is 0 Å². The van der Waals surface area contributed by atoms with Crippen molar-refractivity contribution >= 4 is 28.5 Å². The van der Waals surface area contributed by atoms with E-state index in [1.54, 1.807) is 0 Å². The Morgan fingerprint density at radius 1 is 1.09 bits per heavy atom. The van der Waals surface area contributed by atoms with Gasteiger partial charge in [-0.3, -0.25) is 4.79 Å². The van der Waals surface area contributed by atoms with E-state index in [0.717, 1.165) is 51.1 Å². The molecule has 0 spiro atoms. The lowest BCUT2D eigenvalue weighted by atomic mass is 9.96. The highest BCUT2D eigenvalue weighted by Crippen LogP contribution is 2.39. The van der Waals surface area contributed by atoms with Crippen LogP contribution in [-0.2, 0) is 0 Å². The molecule has 2 atom stereocenters. The van der Waals surface area contributed by atoms with Gasteiger partial charge < -0.3 is 9.88 Å². The number of rotatable bonds is 3. The molecule has 2 heterocycles. The highest BCUT2D eigenvalue weighted by molar-refractivity contribution is 6.32. The Morgan fingerprint density at radius 2 is 1.88 bits per heavy atom. The topological polar surface area (TPSA) is 49.0 Å². The van der Waals surface area contributed by atoms with E-state index in [9.17, 15) is 4.79 Å². The number of imidazole rings is 1. The molecule has 5 rings (SSSR count). The molecular formula is C27H26ClN3O. The van der Waals surface area contributed by atoms with Crippen LogP contribution < -0.4 is 0 Å². The van der Waals surface area contributed by atoms with E-state index in [0.29, 0.717) is 17.5 Å². The Labute approximate surface area is 193 Å². The molecule has 1 fully saturated rings. The number of hydrogen-bond acceptors (Lipinski definition) is 2. The summed E-state index contributed by atoms with van der Waals surface area (Å²) < 4.78 is 0. The zero-order chi connectivity index (χ0) is 22.4. The molecule has 4 aromatic rings. The second-order valence-corrected chi connectivity index (χ2v) is 9.27. The van der Waals surface area contributed by atoms with Crippen molar-refractivity contribution in [2.75, 3.05) is 6.54 Å². The Kier molecular flexibility index (Phi) is 5.26. The summed E-state index contributed by atoms with van der Waals surface area (Å²) in [6.45, 7) is 6.92. The molecule has 1 amide bonds. The minimum absolute atomic E-state index is 0.0524. The number of aromatic amines is 1. The predicted molar refractivity (Wildman–Crippen MR) is 130 cm³/mol. The Morgan fingerprint density at radius 3 is 2.66 bits per heavy atom. The van der Waals surface area contributed by atoms with Crippen LogP contribution in [0.1, 0.15) is 46.7 Å². The van der Waals surface area contributed by atoms with E-state index in [1.807, 2.05) is 55.1 Å². The number of halogens is 1. The third kappa shape index (κ3) is 3.59. The van der Waals surface area contributed by atoms with Crippen LogP contribution in [0.15, 0.2) is 60.7 Å². The van der Waals surface area contributed by atoms with Gasteiger partial charge in [0.15, 0.2) is 0 Å². The smallest absolute Gasteiger partial charge is 0.255 e. The Bertz CT molecular complexity index is 1270. The molecule has 0 aliphatic carbocycles. The van der Waals surface area contributed by atoms with Gasteiger partial charge in [-0.15, -0.1) is 0 Å². The molecule has 3 aromatic carbocycles. The minimum Gasteiger partial charge on any atom is -0.340 e. The van der Waals surface area contributed by atoms with Crippen LogP contribution in [0.25, 0.3) is 22.2 Å². The number of carbonyl (C=O) groups is 1. The number of H-pyrrole nitrogens is 1. The van der Waals surface area contributed by atoms with Gasteiger partial charge in [-0.05, 0) is 61.1 Å². The third-order valence-corrected chi connectivity index (χ3v) is 6.92. The maximum absolute atomic E-state index is 13.9. The molecule has 32 heavy (non-hydrogen) atoms. The molecule has 1 saturated heterocycles. The highest BCUT2D eigenvalue weighted by atomic mass is 35.5. The fourth-order valence-corrected chi connectivity index (χ4v) is 4.91. The van der Waals surface area contributed by atoms with Crippen molar-refractivity contribution in [2.45, 2.75) is 33.2 Å². The van der Waals surface area contributed by atoms with Crippen molar-refractivity contribution in [1.82, 2.24) is 14.9 Å². The average molecular weight is 444 g/mol. The van der Waals surface area contributed by atoms with Crippen molar-refractivity contribution in [2.24, 2.45) is 5.92 Å². The second kappa shape index (κ2) is 8.10. The summed E-state index contributed by atoms with van der Waals surface area (Å²) in [6, 6.07) is 20.1. The summed E-state index contributed by atoms with van der Waals surface area (Å²) in [6.07, 6.45) is 0.944. The number of nitrogens with zero attached hydrogens (tertiary/aromatic N) is 2. The molecule has 0 unspecified atom stereocenters. The monoisotopic (exact) mass is 443 g/mol. The number of benzene rings is 3. The first-order chi connectivity index (χ1) is 15.4. The van der Waals surface area contributed by atoms with E-state index in [4.69, 9.17) is 16.6 Å². The zero-order valence-electron chi connectivity index (χ0n) is 18.5. The number of hydrogen-bond donors (Lipinski definition) is 1. The van der Waals surface area contributed by atoms with Crippen molar-refractivity contribution < 1.29 is 4.79 Å². The third-order valence-electron chi connectivity index (χ3n) is 6.51. The maximum Gasteiger partial charge on any atom is 0.255 e. The SMILES string of the molecule is Cc1ccc(-c2ccccc2)c(C(=O)N2CC[C@H](C)[C@H]2c2nc3cc(Cl)c(C)cc3[nH]2)c1. The molecule has 4 nitrogen and oxygen atoms in total. The molecule has 5 heteroatoms. The molecule has 1 aromatic heterocycles. The fourth-order valence-electron chi connectivity index (χ4n) is 4.75. The van der Waals surface area contributed by atoms with Crippen LogP contribution in [0.5, 0.6) is 0 Å². The maximum atomic E-state index is 13.9. The second-order valence-electron chi connectivity index (χ2n) is 8.86. The van der Waals surface area contributed by atoms with Crippen molar-refractivity contribution in [3.05, 3.63) is 88.2 Å². The van der Waals surface area contributed by atoms with Gasteiger partial charge in [0, 0.05) is 17.1 Å². The normalized spacial score (nSPS) is 18.4. The Hall–Kier alpha value is -3.11. The van der Waals surface area contributed by atoms with Gasteiger partial charge in [0.2, 0.25) is 0 Å². The lowest BCUT2D eigenvalue weighted by Crippen LogP contribution is -2.32. The van der Waals surface area contributed by atoms with Crippen molar-refractivity contribution in [3.8, 4) is 11.1 Å². The summed E-state index contributed by atoms with van der Waals surface area (Å²) in [5.74, 6) is 1.19. The number of likely N-dealkylation sites (tertiary alicyclic amines) is 1. The summed E-state index contributed by atoms with van der Waals surface area (Å²) in [5, 5.41) is 0.704. The zero-order valence-corrected chi connectivity index (χ0v) is 19.3. The van der Waals surface area contributed by atoms with Gasteiger partial charge in [0.25, 0.3) is 5.91 Å². The summed E-state index contributed by atoms with van der Waals surface area (Å²) in [7, 11) is 0. The van der Waals surface area contributed by atoms with E-state index in [-0.39, 0.29) is 11.9 Å². The van der Waals surface area contributed by atoms with Gasteiger partial charge in [0.1, 0.15) is 5.82 Å². The number of fused-ring (bicyclic) bond motifs is 1. The quantitative estimate of drug-likeness (QED) is 0.382. The van der Waals surface area contributed by atoms with Crippen LogP contribution in [0, 0.1) is 19.8 Å². The molecule has 1 N–H and O–H groups in total. The standard InChI is InChI=1S/C27H26ClN3O/c1-16-9-10-20(19-7-5-4-6-8-19)21(13-16)27(32)31-12-11-17(2)25(31)26-29-23-14-18(3)22(28)15-24(23)30-26/h4-10,13-15,17,25H,11-12H2,1-3H3,(H,29,30)/t17-,25-/m0/s1. The number of aromatic nitrogens is 2. The number of nitrogens with one attached hydrogen (secondary N) is 1. The first-order valence-corrected chi connectivity index (χ1v) is 11.4. The number of amides is 1. The van der Waals surface area contributed by atoms with Gasteiger partial charge in [-0.1, -0.05) is 66.6 Å². The average Bonchev–Trinajstić information content (AvgIpc) is 3.36. The molecular weight excluding hydrogens is 418 g/mol. The van der Waals surface area contributed by atoms with E-state index >= 15 is 0 Å². The predicted octanol–water partition coefficient (Wildman–Crippen LogP) is 6.72. The largest absolute Gasteiger partial charge is 0.340 e. The van der Waals surface area contributed by atoms with Crippen LogP contribution in [-0.4, -0.2) is 27.3 Å². The summed E-state index contributed by atoms with van der Waals surface area (Å²) >= 11 is 6.32. The molecule has 0 saturated carbocycles. The fraction of sp³-hybridized carbons (Fsp3) is 0.259. The van der Waals surface area contributed by atoms with Gasteiger partial charge in [-0.25, -0.2) is 4.98 Å². The lowest BCUT2D eigenvalue weighted by molar-refractivity contribution is 0.0715. The summed E-state index contributed by atoms with van der Waals surface area (Å²) in [5.41, 5.74) is 6.63. The number of carbonyl (C=O) groups excluding carboxylic acids is 1. The lowest BCUT2D eigenvalue weighted by Gasteiger charge is -2.26. The minimum atomic E-state index is -0.0990. The van der Waals surface area contributed by atoms with Crippen LogP contribution in [0.3, 0.4) is 0 Å². The summed E-state index contributed by atoms with van der Waals surface area (Å²) in [4.78, 5) is 24.2. The van der Waals surface area contributed by atoms with E-state index < -0.39 is 0 Å². The van der Waals surface area contributed by atoms with Crippen LogP contribution in [0.2, 0.25) is 5.02 Å². The molecule has 0 bridgehead atoms. The van der Waals surface area contributed by atoms with Gasteiger partial charge >= 0.3 is 0 Å². The van der Waals surface area contributed by atoms with E-state index in [1.165, 1.54) is 0 Å². The van der Waals surface area contributed by atoms with Crippen molar-refractivity contribution in [3.63, 3.8) is 0 Å².